The summed E-state index contributed by atoms with van der Waals surface area (Å²) < 4.78 is 20.1. The second-order valence-electron chi connectivity index (χ2n) is 6.20. The van der Waals surface area contributed by atoms with Gasteiger partial charge in [-0.05, 0) is 39.3 Å². The van der Waals surface area contributed by atoms with Crippen molar-refractivity contribution in [1.82, 2.24) is 0 Å². The van der Waals surface area contributed by atoms with Gasteiger partial charge >= 0.3 is 17.9 Å². The van der Waals surface area contributed by atoms with E-state index in [2.05, 4.69) is 4.74 Å². The zero-order valence-electron chi connectivity index (χ0n) is 15.2. The van der Waals surface area contributed by atoms with Gasteiger partial charge in [0.2, 0.25) is 0 Å². The zero-order chi connectivity index (χ0) is 19.0. The third-order valence-corrected chi connectivity index (χ3v) is 3.02. The number of benzene rings is 1. The SMILES string of the molecule is COC(=O)c1cccc(OCCCC(=O)OC(C)(C)C)c1C(=O)OC. The molecule has 0 fully saturated rings. The van der Waals surface area contributed by atoms with E-state index >= 15 is 0 Å². The van der Waals surface area contributed by atoms with Crippen molar-refractivity contribution in [3.8, 4) is 5.75 Å². The number of hydrogen-bond acceptors (Lipinski definition) is 7. The molecule has 0 unspecified atom stereocenters. The summed E-state index contributed by atoms with van der Waals surface area (Å²) in [4.78, 5) is 35.5. The molecule has 0 atom stereocenters. The van der Waals surface area contributed by atoms with Gasteiger partial charge in [0.05, 0.1) is 26.4 Å². The Hall–Kier alpha value is -2.57. The molecule has 0 spiro atoms. The minimum Gasteiger partial charge on any atom is -0.493 e. The first kappa shape index (κ1) is 20.5. The molecule has 0 heterocycles. The standard InChI is InChI=1S/C18H24O7/c1-18(2,3)25-14(19)10-7-11-24-13-9-6-8-12(16(20)22-4)15(13)17(21)23-5/h6,8-9H,7,10-11H2,1-5H3. The summed E-state index contributed by atoms with van der Waals surface area (Å²) in [5, 5.41) is 0. The maximum Gasteiger partial charge on any atom is 0.342 e. The first-order chi connectivity index (χ1) is 11.7. The van der Waals surface area contributed by atoms with Crippen LogP contribution in [0.4, 0.5) is 0 Å². The van der Waals surface area contributed by atoms with Crippen LogP contribution in [0.3, 0.4) is 0 Å². The zero-order valence-corrected chi connectivity index (χ0v) is 15.2. The molecule has 7 heteroatoms. The number of carbonyl (C=O) groups is 3. The van der Waals surface area contributed by atoms with Crippen molar-refractivity contribution in [1.29, 1.82) is 0 Å². The third kappa shape index (κ3) is 6.45. The molecule has 25 heavy (non-hydrogen) atoms. The van der Waals surface area contributed by atoms with Gasteiger partial charge in [-0.25, -0.2) is 9.59 Å². The molecule has 0 aliphatic heterocycles. The van der Waals surface area contributed by atoms with Crippen LogP contribution in [0, 0.1) is 0 Å². The Morgan fingerprint density at radius 3 is 2.20 bits per heavy atom. The Morgan fingerprint density at radius 2 is 1.64 bits per heavy atom. The van der Waals surface area contributed by atoms with Crippen LogP contribution < -0.4 is 4.74 Å². The Kier molecular flexibility index (Phi) is 7.42. The summed E-state index contributed by atoms with van der Waals surface area (Å²) in [7, 11) is 2.43. The highest BCUT2D eigenvalue weighted by atomic mass is 16.6. The molecule has 7 nitrogen and oxygen atoms in total. The van der Waals surface area contributed by atoms with E-state index < -0.39 is 17.5 Å². The predicted molar refractivity (Wildman–Crippen MR) is 89.7 cm³/mol. The van der Waals surface area contributed by atoms with E-state index in [1.165, 1.54) is 20.3 Å². The number of ether oxygens (including phenoxy) is 4. The lowest BCUT2D eigenvalue weighted by molar-refractivity contribution is -0.155. The molecule has 0 aliphatic carbocycles. The van der Waals surface area contributed by atoms with E-state index in [0.29, 0.717) is 6.42 Å². The summed E-state index contributed by atoms with van der Waals surface area (Å²) in [5.41, 5.74) is -0.488. The maximum atomic E-state index is 12.0. The molecular formula is C18H24O7. The van der Waals surface area contributed by atoms with Gasteiger partial charge in [0, 0.05) is 6.42 Å². The number of carbonyl (C=O) groups excluding carboxylic acids is 3. The van der Waals surface area contributed by atoms with Crippen LogP contribution in [0.5, 0.6) is 5.75 Å². The van der Waals surface area contributed by atoms with E-state index in [1.807, 2.05) is 0 Å². The highest BCUT2D eigenvalue weighted by Gasteiger charge is 2.23. The van der Waals surface area contributed by atoms with Crippen molar-refractivity contribution in [2.24, 2.45) is 0 Å². The van der Waals surface area contributed by atoms with Crippen LogP contribution in [0.25, 0.3) is 0 Å². The van der Waals surface area contributed by atoms with Crippen LogP contribution >= 0.6 is 0 Å². The monoisotopic (exact) mass is 352 g/mol. The molecule has 0 bridgehead atoms. The predicted octanol–water partition coefficient (Wildman–Crippen LogP) is 2.76. The molecule has 0 saturated carbocycles. The van der Waals surface area contributed by atoms with Gasteiger partial charge in [0.1, 0.15) is 16.9 Å². The molecule has 1 rings (SSSR count). The number of esters is 3. The molecular weight excluding hydrogens is 328 g/mol. The summed E-state index contributed by atoms with van der Waals surface area (Å²) in [6.07, 6.45) is 0.583. The summed E-state index contributed by atoms with van der Waals surface area (Å²) in [6, 6.07) is 4.57. The Labute approximate surface area is 147 Å². The van der Waals surface area contributed by atoms with E-state index in [1.54, 1.807) is 32.9 Å². The lowest BCUT2D eigenvalue weighted by Crippen LogP contribution is -2.24. The molecule has 0 radical (unpaired) electrons. The average molecular weight is 352 g/mol. The molecule has 1 aromatic rings. The second-order valence-corrected chi connectivity index (χ2v) is 6.20. The summed E-state index contributed by atoms with van der Waals surface area (Å²) in [6.45, 7) is 5.56. The van der Waals surface area contributed by atoms with E-state index in [9.17, 15) is 14.4 Å². The molecule has 1 aromatic carbocycles. The molecule has 0 aliphatic rings. The van der Waals surface area contributed by atoms with Gasteiger partial charge in [-0.1, -0.05) is 6.07 Å². The Bertz CT molecular complexity index is 629. The van der Waals surface area contributed by atoms with Crippen LogP contribution in [-0.2, 0) is 19.0 Å². The topological polar surface area (TPSA) is 88.1 Å². The van der Waals surface area contributed by atoms with Gasteiger partial charge in [-0.3, -0.25) is 4.79 Å². The van der Waals surface area contributed by atoms with Crippen molar-refractivity contribution >= 4 is 17.9 Å². The van der Waals surface area contributed by atoms with E-state index in [0.717, 1.165) is 0 Å². The van der Waals surface area contributed by atoms with Gasteiger partial charge in [0.15, 0.2) is 0 Å². The fourth-order valence-electron chi connectivity index (χ4n) is 2.04. The highest BCUT2D eigenvalue weighted by molar-refractivity contribution is 6.05. The molecule has 0 amide bonds. The lowest BCUT2D eigenvalue weighted by Gasteiger charge is -2.19. The largest absolute Gasteiger partial charge is 0.493 e. The van der Waals surface area contributed by atoms with Gasteiger partial charge in [-0.2, -0.15) is 0 Å². The quantitative estimate of drug-likeness (QED) is 0.423. The smallest absolute Gasteiger partial charge is 0.342 e. The van der Waals surface area contributed by atoms with Crippen LogP contribution in [0.1, 0.15) is 54.3 Å². The van der Waals surface area contributed by atoms with Gasteiger partial charge < -0.3 is 18.9 Å². The minimum absolute atomic E-state index is 0.00545. The minimum atomic E-state index is -0.705. The van der Waals surface area contributed by atoms with Gasteiger partial charge in [0.25, 0.3) is 0 Å². The first-order valence-electron chi connectivity index (χ1n) is 7.84. The second kappa shape index (κ2) is 9.05. The Morgan fingerprint density at radius 1 is 1.00 bits per heavy atom. The molecule has 0 aromatic heterocycles. The summed E-state index contributed by atoms with van der Waals surface area (Å²) in [5.74, 6) is -1.51. The van der Waals surface area contributed by atoms with Crippen LogP contribution in [-0.4, -0.2) is 44.3 Å². The fraction of sp³-hybridized carbons (Fsp3) is 0.500. The first-order valence-corrected chi connectivity index (χ1v) is 7.84. The third-order valence-electron chi connectivity index (χ3n) is 3.02. The lowest BCUT2D eigenvalue weighted by atomic mass is 10.1. The number of rotatable bonds is 7. The van der Waals surface area contributed by atoms with Crippen molar-refractivity contribution in [2.75, 3.05) is 20.8 Å². The van der Waals surface area contributed by atoms with Crippen molar-refractivity contribution in [2.45, 2.75) is 39.2 Å². The molecule has 0 N–H and O–H groups in total. The number of methoxy groups -OCH3 is 2. The van der Waals surface area contributed by atoms with Crippen LogP contribution in [0.2, 0.25) is 0 Å². The van der Waals surface area contributed by atoms with Crippen molar-refractivity contribution < 1.29 is 33.3 Å². The molecule has 138 valence electrons. The van der Waals surface area contributed by atoms with Crippen molar-refractivity contribution in [3.05, 3.63) is 29.3 Å². The average Bonchev–Trinajstić information content (AvgIpc) is 2.55. The van der Waals surface area contributed by atoms with Crippen LogP contribution in [0.15, 0.2) is 18.2 Å². The van der Waals surface area contributed by atoms with E-state index in [-0.39, 0.29) is 35.9 Å². The normalized spacial score (nSPS) is 10.8. The molecule has 0 saturated heterocycles. The number of hydrogen-bond donors (Lipinski definition) is 0. The Balaban J connectivity index is 2.77. The fourth-order valence-corrected chi connectivity index (χ4v) is 2.04. The van der Waals surface area contributed by atoms with Crippen molar-refractivity contribution in [3.63, 3.8) is 0 Å². The summed E-state index contributed by atoms with van der Waals surface area (Å²) >= 11 is 0. The van der Waals surface area contributed by atoms with E-state index in [4.69, 9.17) is 14.2 Å². The maximum absolute atomic E-state index is 12.0. The highest BCUT2D eigenvalue weighted by Crippen LogP contribution is 2.24. The van der Waals surface area contributed by atoms with Gasteiger partial charge in [-0.15, -0.1) is 0 Å².